The highest BCUT2D eigenvalue weighted by Gasteiger charge is 2.19. The van der Waals surface area contributed by atoms with E-state index in [-0.39, 0.29) is 12.5 Å². The number of nitrogens with one attached hydrogen (secondary N) is 1. The first kappa shape index (κ1) is 19.6. The highest BCUT2D eigenvalue weighted by atomic mass is 16.5. The number of benzene rings is 2. The van der Waals surface area contributed by atoms with Crippen LogP contribution < -0.4 is 10.1 Å². The lowest BCUT2D eigenvalue weighted by molar-refractivity contribution is -0.128. The SMILES string of the molecule is CCc1ccc(O[C@@H](CC)C(=O)NCc2nc(-c3cccc(C)c3)no2)cc1. The fraction of sp³-hybridized carbons (Fsp3) is 0.318. The number of ether oxygens (including phenoxy) is 1. The molecule has 28 heavy (non-hydrogen) atoms. The molecule has 0 fully saturated rings. The quantitative estimate of drug-likeness (QED) is 0.638. The zero-order valence-corrected chi connectivity index (χ0v) is 16.4. The van der Waals surface area contributed by atoms with Crippen LogP contribution in [-0.4, -0.2) is 22.2 Å². The van der Waals surface area contributed by atoms with Crippen molar-refractivity contribution in [3.63, 3.8) is 0 Å². The third-order valence-electron chi connectivity index (χ3n) is 4.43. The Morgan fingerprint density at radius 1 is 1.18 bits per heavy atom. The molecule has 1 atom stereocenters. The van der Waals surface area contributed by atoms with Crippen molar-refractivity contribution in [1.29, 1.82) is 0 Å². The summed E-state index contributed by atoms with van der Waals surface area (Å²) in [4.78, 5) is 16.8. The summed E-state index contributed by atoms with van der Waals surface area (Å²) in [6, 6.07) is 15.6. The van der Waals surface area contributed by atoms with Gasteiger partial charge in [0.05, 0.1) is 6.54 Å². The van der Waals surface area contributed by atoms with Gasteiger partial charge in [0.1, 0.15) is 5.75 Å². The van der Waals surface area contributed by atoms with Crippen LogP contribution in [0.25, 0.3) is 11.4 Å². The van der Waals surface area contributed by atoms with E-state index in [0.29, 0.717) is 23.9 Å². The van der Waals surface area contributed by atoms with E-state index in [1.54, 1.807) is 0 Å². The van der Waals surface area contributed by atoms with Crippen LogP contribution in [0.3, 0.4) is 0 Å². The second kappa shape index (κ2) is 9.17. The lowest BCUT2D eigenvalue weighted by Crippen LogP contribution is -2.37. The van der Waals surface area contributed by atoms with E-state index in [2.05, 4.69) is 22.4 Å². The molecule has 0 aliphatic heterocycles. The molecule has 6 nitrogen and oxygen atoms in total. The normalized spacial score (nSPS) is 11.8. The molecule has 0 bridgehead atoms. The number of carbonyl (C=O) groups excluding carboxylic acids is 1. The number of carbonyl (C=O) groups is 1. The molecule has 0 unspecified atom stereocenters. The van der Waals surface area contributed by atoms with Gasteiger partial charge < -0.3 is 14.6 Å². The van der Waals surface area contributed by atoms with Gasteiger partial charge in [-0.1, -0.05) is 54.9 Å². The number of nitrogens with zero attached hydrogens (tertiary/aromatic N) is 2. The minimum Gasteiger partial charge on any atom is -0.481 e. The molecule has 1 aromatic heterocycles. The van der Waals surface area contributed by atoms with Gasteiger partial charge in [-0.25, -0.2) is 0 Å². The van der Waals surface area contributed by atoms with Crippen molar-refractivity contribution in [2.45, 2.75) is 46.3 Å². The van der Waals surface area contributed by atoms with Gasteiger partial charge in [-0.3, -0.25) is 4.79 Å². The van der Waals surface area contributed by atoms with Crippen LogP contribution in [0.1, 0.15) is 37.3 Å². The second-order valence-electron chi connectivity index (χ2n) is 6.61. The predicted octanol–water partition coefficient (Wildman–Crippen LogP) is 4.08. The molecule has 1 amide bonds. The van der Waals surface area contributed by atoms with Crippen molar-refractivity contribution in [2.75, 3.05) is 0 Å². The molecular formula is C22H25N3O3. The summed E-state index contributed by atoms with van der Waals surface area (Å²) in [5, 5.41) is 6.79. The monoisotopic (exact) mass is 379 g/mol. The molecule has 3 rings (SSSR count). The van der Waals surface area contributed by atoms with E-state index in [1.807, 2.05) is 62.4 Å². The first-order valence-electron chi connectivity index (χ1n) is 9.52. The molecule has 0 aliphatic rings. The third kappa shape index (κ3) is 4.97. The van der Waals surface area contributed by atoms with Crippen LogP contribution in [0, 0.1) is 6.92 Å². The van der Waals surface area contributed by atoms with Crippen molar-refractivity contribution in [2.24, 2.45) is 0 Å². The average molecular weight is 379 g/mol. The summed E-state index contributed by atoms with van der Waals surface area (Å²) < 4.78 is 11.1. The van der Waals surface area contributed by atoms with Crippen molar-refractivity contribution in [1.82, 2.24) is 15.5 Å². The molecule has 6 heteroatoms. The Kier molecular flexibility index (Phi) is 6.42. The van der Waals surface area contributed by atoms with Crippen molar-refractivity contribution in [3.8, 4) is 17.1 Å². The lowest BCUT2D eigenvalue weighted by Gasteiger charge is -2.17. The van der Waals surface area contributed by atoms with Crippen LogP contribution >= 0.6 is 0 Å². The molecule has 2 aromatic carbocycles. The first-order valence-corrected chi connectivity index (χ1v) is 9.52. The van der Waals surface area contributed by atoms with Gasteiger partial charge in [0.2, 0.25) is 11.7 Å². The van der Waals surface area contributed by atoms with Gasteiger partial charge in [-0.05, 0) is 43.5 Å². The molecule has 3 aromatic rings. The number of aryl methyl sites for hydroxylation is 2. The molecule has 0 radical (unpaired) electrons. The van der Waals surface area contributed by atoms with Gasteiger partial charge in [-0.2, -0.15) is 4.98 Å². The van der Waals surface area contributed by atoms with Crippen LogP contribution in [0.15, 0.2) is 53.1 Å². The first-order chi connectivity index (χ1) is 13.6. The summed E-state index contributed by atoms with van der Waals surface area (Å²) in [7, 11) is 0. The third-order valence-corrected chi connectivity index (χ3v) is 4.43. The average Bonchev–Trinajstić information content (AvgIpc) is 3.20. The molecule has 146 valence electrons. The number of hydrogen-bond donors (Lipinski definition) is 1. The second-order valence-corrected chi connectivity index (χ2v) is 6.61. The van der Waals surface area contributed by atoms with E-state index in [0.717, 1.165) is 17.5 Å². The summed E-state index contributed by atoms with van der Waals surface area (Å²) in [5.41, 5.74) is 3.23. The fourth-order valence-electron chi connectivity index (χ4n) is 2.79. The molecule has 0 saturated heterocycles. The highest BCUT2D eigenvalue weighted by Crippen LogP contribution is 2.18. The molecular weight excluding hydrogens is 354 g/mol. The van der Waals surface area contributed by atoms with Crippen LogP contribution in [0.2, 0.25) is 0 Å². The molecule has 0 aliphatic carbocycles. The van der Waals surface area contributed by atoms with Crippen molar-refractivity contribution in [3.05, 3.63) is 65.5 Å². The predicted molar refractivity (Wildman–Crippen MR) is 107 cm³/mol. The summed E-state index contributed by atoms with van der Waals surface area (Å²) in [6.45, 7) is 6.17. The van der Waals surface area contributed by atoms with E-state index >= 15 is 0 Å². The van der Waals surface area contributed by atoms with E-state index in [1.165, 1.54) is 5.56 Å². The smallest absolute Gasteiger partial charge is 0.261 e. The van der Waals surface area contributed by atoms with E-state index < -0.39 is 6.10 Å². The Morgan fingerprint density at radius 2 is 1.96 bits per heavy atom. The van der Waals surface area contributed by atoms with E-state index in [9.17, 15) is 4.79 Å². The minimum atomic E-state index is -0.577. The van der Waals surface area contributed by atoms with Gasteiger partial charge in [0, 0.05) is 5.56 Å². The Morgan fingerprint density at radius 3 is 2.64 bits per heavy atom. The maximum atomic E-state index is 12.5. The number of rotatable bonds is 8. The molecule has 0 saturated carbocycles. The topological polar surface area (TPSA) is 77.2 Å². The van der Waals surface area contributed by atoms with Gasteiger partial charge >= 0.3 is 0 Å². The fourth-order valence-corrected chi connectivity index (χ4v) is 2.79. The number of amides is 1. The highest BCUT2D eigenvalue weighted by molar-refractivity contribution is 5.81. The molecule has 1 N–H and O–H groups in total. The Balaban J connectivity index is 1.57. The number of aromatic nitrogens is 2. The zero-order valence-electron chi connectivity index (χ0n) is 16.4. The molecule has 0 spiro atoms. The molecule has 1 heterocycles. The Hall–Kier alpha value is -3.15. The maximum Gasteiger partial charge on any atom is 0.261 e. The van der Waals surface area contributed by atoms with E-state index in [4.69, 9.17) is 9.26 Å². The van der Waals surface area contributed by atoms with Gasteiger partial charge in [0.25, 0.3) is 5.91 Å². The Bertz CT molecular complexity index is 919. The summed E-state index contributed by atoms with van der Waals surface area (Å²) >= 11 is 0. The van der Waals surface area contributed by atoms with Gasteiger partial charge in [0.15, 0.2) is 6.10 Å². The largest absolute Gasteiger partial charge is 0.481 e. The standard InChI is InChI=1S/C22H25N3O3/c1-4-16-9-11-18(12-10-16)27-19(5-2)22(26)23-14-20-24-21(25-28-20)17-8-6-7-15(3)13-17/h6-13,19H,4-5,14H2,1-3H3,(H,23,26)/t19-/m0/s1. The summed E-state index contributed by atoms with van der Waals surface area (Å²) in [5.74, 6) is 1.33. The Labute approximate surface area is 164 Å². The van der Waals surface area contributed by atoms with Crippen LogP contribution in [0.5, 0.6) is 5.75 Å². The zero-order chi connectivity index (χ0) is 19.9. The van der Waals surface area contributed by atoms with Crippen LogP contribution in [0.4, 0.5) is 0 Å². The maximum absolute atomic E-state index is 12.5. The van der Waals surface area contributed by atoms with Crippen molar-refractivity contribution >= 4 is 5.91 Å². The minimum absolute atomic E-state index is 0.159. The number of hydrogen-bond acceptors (Lipinski definition) is 5. The summed E-state index contributed by atoms with van der Waals surface area (Å²) in [6.07, 6.45) is 0.943. The van der Waals surface area contributed by atoms with Gasteiger partial charge in [-0.15, -0.1) is 0 Å². The van der Waals surface area contributed by atoms with Crippen molar-refractivity contribution < 1.29 is 14.1 Å². The van der Waals surface area contributed by atoms with Crippen LogP contribution in [-0.2, 0) is 17.8 Å². The lowest BCUT2D eigenvalue weighted by atomic mass is 10.1.